The van der Waals surface area contributed by atoms with Gasteiger partial charge in [0, 0.05) is 13.1 Å². The zero-order chi connectivity index (χ0) is 27.7. The number of benzene rings is 2. The van der Waals surface area contributed by atoms with Crippen molar-refractivity contribution in [1.82, 2.24) is 14.7 Å². The summed E-state index contributed by atoms with van der Waals surface area (Å²) in [6, 6.07) is 9.92. The lowest BCUT2D eigenvalue weighted by Crippen LogP contribution is -2.31. The lowest BCUT2D eigenvalue weighted by atomic mass is 10.1. The Morgan fingerprint density at radius 1 is 1.13 bits per heavy atom. The molecule has 11 heteroatoms. The number of carbonyl (C=O) groups is 1. The summed E-state index contributed by atoms with van der Waals surface area (Å²) in [5.74, 6) is -0.281. The number of halogens is 1. The number of rotatable bonds is 7. The number of hydrazine groups is 1. The first-order chi connectivity index (χ1) is 18.1. The molecular formula is C27H32FN5O4S. The second-order valence-electron chi connectivity index (χ2n) is 9.08. The summed E-state index contributed by atoms with van der Waals surface area (Å²) in [5.41, 5.74) is 2.25. The van der Waals surface area contributed by atoms with Gasteiger partial charge in [-0.15, -0.1) is 4.83 Å². The van der Waals surface area contributed by atoms with E-state index in [4.69, 9.17) is 4.74 Å². The van der Waals surface area contributed by atoms with Gasteiger partial charge >= 0.3 is 0 Å². The number of anilines is 3. The molecule has 5 rings (SSSR count). The lowest BCUT2D eigenvalue weighted by Gasteiger charge is -2.22. The Morgan fingerprint density at radius 2 is 1.82 bits per heavy atom. The van der Waals surface area contributed by atoms with Crippen molar-refractivity contribution in [2.75, 3.05) is 9.73 Å². The van der Waals surface area contributed by atoms with E-state index in [1.165, 1.54) is 22.1 Å². The van der Waals surface area contributed by atoms with E-state index in [-0.39, 0.29) is 40.0 Å². The molecule has 3 N–H and O–H groups in total. The fourth-order valence-electron chi connectivity index (χ4n) is 3.92. The summed E-state index contributed by atoms with van der Waals surface area (Å²) in [6.07, 6.45) is 1.74. The van der Waals surface area contributed by atoms with Crippen LogP contribution >= 0.6 is 0 Å². The van der Waals surface area contributed by atoms with Gasteiger partial charge in [0.2, 0.25) is 11.2 Å². The molecule has 38 heavy (non-hydrogen) atoms. The molecule has 1 saturated heterocycles. The summed E-state index contributed by atoms with van der Waals surface area (Å²) in [6.45, 7) is 9.18. The van der Waals surface area contributed by atoms with Gasteiger partial charge in [-0.25, -0.2) is 8.60 Å². The third kappa shape index (κ3) is 5.58. The van der Waals surface area contributed by atoms with E-state index in [0.717, 1.165) is 18.4 Å². The van der Waals surface area contributed by atoms with Crippen LogP contribution in [0.3, 0.4) is 0 Å². The second kappa shape index (κ2) is 11.0. The largest absolute Gasteiger partial charge is 0.456 e. The van der Waals surface area contributed by atoms with Crippen LogP contribution in [0.1, 0.15) is 53.7 Å². The Labute approximate surface area is 223 Å². The number of nitrogens with zero attached hydrogens (tertiary/aromatic N) is 2. The molecule has 2 aliphatic rings. The molecule has 2 aromatic carbocycles. The van der Waals surface area contributed by atoms with E-state index in [1.807, 2.05) is 20.8 Å². The normalized spacial score (nSPS) is 15.9. The Hall–Kier alpha value is -3.70. The van der Waals surface area contributed by atoms with Crippen molar-refractivity contribution in [3.05, 3.63) is 74.8 Å². The van der Waals surface area contributed by atoms with E-state index in [9.17, 15) is 18.2 Å². The van der Waals surface area contributed by atoms with Gasteiger partial charge in [0.1, 0.15) is 22.9 Å². The van der Waals surface area contributed by atoms with E-state index in [0.29, 0.717) is 17.0 Å². The number of aryl methyl sites for hydroxylation is 2. The highest BCUT2D eigenvalue weighted by molar-refractivity contribution is 7.91. The smallest absolute Gasteiger partial charge is 0.259 e. The average Bonchev–Trinajstić information content (AvgIpc) is 3.82. The molecular weight excluding hydrogens is 509 g/mol. The van der Waals surface area contributed by atoms with E-state index in [1.54, 1.807) is 44.2 Å². The minimum absolute atomic E-state index is 0.0498. The number of nitrogens with one attached hydrogen (secondary N) is 3. The first-order valence-electron chi connectivity index (χ1n) is 12.5. The molecule has 1 aliphatic carbocycles. The minimum Gasteiger partial charge on any atom is -0.456 e. The topological polar surface area (TPSA) is 114 Å². The van der Waals surface area contributed by atoms with Crippen molar-refractivity contribution in [2.45, 2.75) is 53.5 Å². The van der Waals surface area contributed by atoms with Gasteiger partial charge in [0.15, 0.2) is 5.75 Å². The third-order valence-electron chi connectivity index (χ3n) is 6.18. The van der Waals surface area contributed by atoms with Crippen molar-refractivity contribution in [3.63, 3.8) is 0 Å². The molecule has 0 radical (unpaired) electrons. The molecule has 2 fully saturated rings. The molecule has 1 aliphatic heterocycles. The van der Waals surface area contributed by atoms with Gasteiger partial charge < -0.3 is 15.4 Å². The van der Waals surface area contributed by atoms with Gasteiger partial charge in [-0.05, 0) is 75.1 Å². The summed E-state index contributed by atoms with van der Waals surface area (Å²) < 4.78 is 35.2. The number of pyridine rings is 1. The molecule has 1 aromatic heterocycles. The molecule has 1 amide bonds. The molecule has 1 atom stereocenters. The predicted octanol–water partition coefficient (Wildman–Crippen LogP) is 4.81. The maximum Gasteiger partial charge on any atom is 0.259 e. The van der Waals surface area contributed by atoms with Gasteiger partial charge in [-0.1, -0.05) is 19.9 Å². The van der Waals surface area contributed by atoms with Crippen molar-refractivity contribution >= 4 is 34.3 Å². The highest BCUT2D eigenvalue weighted by Crippen LogP contribution is 2.37. The number of aromatic nitrogens is 1. The van der Waals surface area contributed by atoms with E-state index < -0.39 is 22.9 Å². The van der Waals surface area contributed by atoms with Crippen molar-refractivity contribution in [1.29, 1.82) is 0 Å². The monoisotopic (exact) mass is 541 g/mol. The molecule has 1 saturated carbocycles. The quantitative estimate of drug-likeness (QED) is 0.372. The van der Waals surface area contributed by atoms with Crippen LogP contribution in [0.5, 0.6) is 11.5 Å². The average molecular weight is 542 g/mol. The van der Waals surface area contributed by atoms with Crippen molar-refractivity contribution in [2.24, 2.45) is 7.05 Å². The summed E-state index contributed by atoms with van der Waals surface area (Å²) in [5, 5.41) is 5.91. The number of amides is 1. The molecule has 3 aromatic rings. The Morgan fingerprint density at radius 3 is 2.39 bits per heavy atom. The number of hydrogen-bond donors (Lipinski definition) is 3. The fraction of sp³-hybridized carbons (Fsp3) is 0.333. The van der Waals surface area contributed by atoms with Crippen LogP contribution in [0.25, 0.3) is 0 Å². The summed E-state index contributed by atoms with van der Waals surface area (Å²) >= 11 is -1.24. The van der Waals surface area contributed by atoms with Gasteiger partial charge in [0.25, 0.3) is 11.5 Å². The predicted molar refractivity (Wildman–Crippen MR) is 148 cm³/mol. The maximum absolute atomic E-state index is 14.7. The number of carbonyl (C=O) groups excluding carboxylic acids is 1. The molecule has 0 bridgehead atoms. The Bertz CT molecular complexity index is 1490. The first kappa shape index (κ1) is 27.3. The number of ether oxygens (including phenoxy) is 1. The third-order valence-corrected chi connectivity index (χ3v) is 6.98. The molecule has 0 spiro atoms. The van der Waals surface area contributed by atoms with Crippen molar-refractivity contribution < 1.29 is 18.1 Å². The minimum atomic E-state index is -1.24. The molecule has 1 unspecified atom stereocenters. The van der Waals surface area contributed by atoms with Crippen LogP contribution in [0.2, 0.25) is 0 Å². The van der Waals surface area contributed by atoms with Crippen LogP contribution in [0.4, 0.5) is 21.6 Å². The molecule has 2 heterocycles. The van der Waals surface area contributed by atoms with Crippen LogP contribution in [0.15, 0.2) is 41.2 Å². The summed E-state index contributed by atoms with van der Waals surface area (Å²) in [4.78, 5) is 29.3. The van der Waals surface area contributed by atoms with Crippen LogP contribution in [-0.2, 0) is 18.2 Å². The van der Waals surface area contributed by atoms with Gasteiger partial charge in [-0.3, -0.25) is 14.2 Å². The Balaban J connectivity index is 0.00000164. The van der Waals surface area contributed by atoms with Gasteiger partial charge in [-0.2, -0.15) is 4.41 Å². The van der Waals surface area contributed by atoms with Crippen LogP contribution < -0.4 is 30.2 Å². The maximum atomic E-state index is 14.7. The summed E-state index contributed by atoms with van der Waals surface area (Å²) in [7, 11) is 1.53. The zero-order valence-electron chi connectivity index (χ0n) is 22.3. The first-order valence-corrected chi connectivity index (χ1v) is 13.6. The lowest BCUT2D eigenvalue weighted by molar-refractivity contribution is 0.0948. The van der Waals surface area contributed by atoms with E-state index in [2.05, 4.69) is 15.5 Å². The zero-order valence-corrected chi connectivity index (χ0v) is 23.1. The fourth-order valence-corrected chi connectivity index (χ4v) is 4.53. The Kier molecular flexibility index (Phi) is 7.89. The van der Waals surface area contributed by atoms with Gasteiger partial charge in [0.05, 0.1) is 16.9 Å². The highest BCUT2D eigenvalue weighted by atomic mass is 32.2. The standard InChI is InChI=1S/C25H26FN5O4S.C2H6/c1-13-5-9-19(18(26)11-13)28-23-21(24(32)27-16-6-7-16)22(15(3)25(33)30(23)4)35-20-10-8-17(12-14(20)2)31-29-36(31)34;1-2/h5,8-12,16,28-29H,6-7H2,1-4H3,(H,27,32);1-2H3. The second-order valence-corrected chi connectivity index (χ2v) is 10.1. The van der Waals surface area contributed by atoms with E-state index >= 15 is 0 Å². The highest BCUT2D eigenvalue weighted by Gasteiger charge is 2.32. The van der Waals surface area contributed by atoms with Crippen LogP contribution in [-0.4, -0.2) is 20.7 Å². The van der Waals surface area contributed by atoms with Crippen LogP contribution in [0, 0.1) is 26.6 Å². The molecule has 202 valence electrons. The molecule has 9 nitrogen and oxygen atoms in total. The number of hydrogen-bond acceptors (Lipinski definition) is 5. The SMILES string of the molecule is CC.Cc1ccc(Nc2c(C(=O)NC3CC3)c(Oc3ccc(N4NS4=O)cc3C)c(C)c(=O)n2C)c(F)c1. The van der Waals surface area contributed by atoms with Crippen molar-refractivity contribution in [3.8, 4) is 11.5 Å².